The molecule has 0 aliphatic carbocycles. The first-order valence-electron chi connectivity index (χ1n) is 5.11. The minimum atomic E-state index is 0.382. The number of hydrogen-bond acceptors (Lipinski definition) is 1. The van der Waals surface area contributed by atoms with Gasteiger partial charge in [0.05, 0.1) is 12.4 Å². The fraction of sp³-hybridized carbons (Fsp3) is 0.818. The molecule has 1 heteroatoms. The van der Waals surface area contributed by atoms with Crippen molar-refractivity contribution in [1.82, 2.24) is 0 Å². The highest BCUT2D eigenvalue weighted by Crippen LogP contribution is 2.02. The third-order valence-corrected chi connectivity index (χ3v) is 1.83. The van der Waals surface area contributed by atoms with Gasteiger partial charge in [-0.25, -0.2) is 0 Å². The Labute approximate surface area is 76.8 Å². The van der Waals surface area contributed by atoms with Crippen LogP contribution in [-0.2, 0) is 4.74 Å². The third kappa shape index (κ3) is 7.64. The molecule has 0 N–H and O–H groups in total. The minimum Gasteiger partial charge on any atom is -0.499 e. The van der Waals surface area contributed by atoms with E-state index in [4.69, 9.17) is 4.74 Å². The summed E-state index contributed by atoms with van der Waals surface area (Å²) in [5.74, 6) is 0. The van der Waals surface area contributed by atoms with Gasteiger partial charge in [0.2, 0.25) is 0 Å². The molecule has 1 atom stereocenters. The first kappa shape index (κ1) is 11.5. The van der Waals surface area contributed by atoms with Gasteiger partial charge < -0.3 is 4.74 Å². The maximum absolute atomic E-state index is 5.45. The standard InChI is InChI=1S/C11H22O/c1-4-6-7-8-10-12-11(3)9-5-2/h8,10-11H,4-7,9H2,1-3H3. The fourth-order valence-corrected chi connectivity index (χ4v) is 1.05. The Morgan fingerprint density at radius 2 is 2.00 bits per heavy atom. The molecule has 0 aliphatic rings. The van der Waals surface area contributed by atoms with E-state index in [0.717, 1.165) is 12.8 Å². The first-order chi connectivity index (χ1) is 5.81. The van der Waals surface area contributed by atoms with Gasteiger partial charge in [-0.15, -0.1) is 0 Å². The summed E-state index contributed by atoms with van der Waals surface area (Å²) >= 11 is 0. The molecule has 0 heterocycles. The summed E-state index contributed by atoms with van der Waals surface area (Å²) in [6.45, 7) is 6.50. The van der Waals surface area contributed by atoms with Gasteiger partial charge in [0, 0.05) is 0 Å². The molecule has 1 nitrogen and oxygen atoms in total. The van der Waals surface area contributed by atoms with Crippen molar-refractivity contribution in [3.05, 3.63) is 12.3 Å². The van der Waals surface area contributed by atoms with Crippen LogP contribution < -0.4 is 0 Å². The van der Waals surface area contributed by atoms with Crippen LogP contribution in [0.1, 0.15) is 52.9 Å². The Morgan fingerprint density at radius 1 is 1.25 bits per heavy atom. The molecule has 0 bridgehead atoms. The van der Waals surface area contributed by atoms with E-state index in [2.05, 4.69) is 26.8 Å². The highest BCUT2D eigenvalue weighted by atomic mass is 16.5. The topological polar surface area (TPSA) is 9.23 Å². The molecule has 12 heavy (non-hydrogen) atoms. The lowest BCUT2D eigenvalue weighted by molar-refractivity contribution is 0.151. The zero-order chi connectivity index (χ0) is 9.23. The van der Waals surface area contributed by atoms with Crippen molar-refractivity contribution in [3.63, 3.8) is 0 Å². The van der Waals surface area contributed by atoms with Crippen LogP contribution in [0.2, 0.25) is 0 Å². The van der Waals surface area contributed by atoms with E-state index in [1.54, 1.807) is 0 Å². The van der Waals surface area contributed by atoms with Crippen molar-refractivity contribution in [2.24, 2.45) is 0 Å². The van der Waals surface area contributed by atoms with Gasteiger partial charge in [-0.05, 0) is 32.3 Å². The molecule has 0 radical (unpaired) electrons. The average molecular weight is 170 g/mol. The highest BCUT2D eigenvalue weighted by Gasteiger charge is 1.95. The van der Waals surface area contributed by atoms with Crippen molar-refractivity contribution in [1.29, 1.82) is 0 Å². The Bertz CT molecular complexity index is 108. The number of ether oxygens (including phenoxy) is 1. The second-order valence-corrected chi connectivity index (χ2v) is 3.25. The summed E-state index contributed by atoms with van der Waals surface area (Å²) in [6.07, 6.45) is 10.4. The van der Waals surface area contributed by atoms with Gasteiger partial charge in [0.25, 0.3) is 0 Å². The smallest absolute Gasteiger partial charge is 0.0950 e. The van der Waals surface area contributed by atoms with Crippen LogP contribution in [0.25, 0.3) is 0 Å². The Kier molecular flexibility index (Phi) is 8.30. The van der Waals surface area contributed by atoms with E-state index in [0.29, 0.717) is 6.10 Å². The quantitative estimate of drug-likeness (QED) is 0.416. The zero-order valence-electron chi connectivity index (χ0n) is 8.68. The van der Waals surface area contributed by atoms with Crippen molar-refractivity contribution in [2.75, 3.05) is 0 Å². The molecular weight excluding hydrogens is 148 g/mol. The van der Waals surface area contributed by atoms with Crippen LogP contribution in [0.5, 0.6) is 0 Å². The largest absolute Gasteiger partial charge is 0.499 e. The molecule has 0 rings (SSSR count). The molecular formula is C11H22O. The van der Waals surface area contributed by atoms with Crippen LogP contribution in [0.15, 0.2) is 12.3 Å². The van der Waals surface area contributed by atoms with Gasteiger partial charge in [-0.1, -0.05) is 26.7 Å². The summed E-state index contributed by atoms with van der Waals surface area (Å²) in [6, 6.07) is 0. The maximum Gasteiger partial charge on any atom is 0.0950 e. The molecule has 0 aromatic rings. The first-order valence-corrected chi connectivity index (χ1v) is 5.11. The summed E-state index contributed by atoms with van der Waals surface area (Å²) in [7, 11) is 0. The van der Waals surface area contributed by atoms with Crippen LogP contribution in [0.3, 0.4) is 0 Å². The highest BCUT2D eigenvalue weighted by molar-refractivity contribution is 4.73. The van der Waals surface area contributed by atoms with E-state index in [9.17, 15) is 0 Å². The SMILES string of the molecule is CCCCC=COC(C)CCC. The van der Waals surface area contributed by atoms with E-state index in [1.807, 2.05) is 6.26 Å². The molecule has 0 aromatic carbocycles. The number of unbranched alkanes of at least 4 members (excludes halogenated alkanes) is 2. The third-order valence-electron chi connectivity index (χ3n) is 1.83. The molecule has 1 unspecified atom stereocenters. The second-order valence-electron chi connectivity index (χ2n) is 3.25. The van der Waals surface area contributed by atoms with Crippen LogP contribution in [0.4, 0.5) is 0 Å². The lowest BCUT2D eigenvalue weighted by atomic mass is 10.2. The summed E-state index contributed by atoms with van der Waals surface area (Å²) in [4.78, 5) is 0. The fourth-order valence-electron chi connectivity index (χ4n) is 1.05. The van der Waals surface area contributed by atoms with Crippen LogP contribution in [-0.4, -0.2) is 6.10 Å². The van der Waals surface area contributed by atoms with Crippen molar-refractivity contribution >= 4 is 0 Å². The van der Waals surface area contributed by atoms with E-state index >= 15 is 0 Å². The maximum atomic E-state index is 5.45. The summed E-state index contributed by atoms with van der Waals surface area (Å²) in [5.41, 5.74) is 0. The van der Waals surface area contributed by atoms with Gasteiger partial charge >= 0.3 is 0 Å². The molecule has 0 amide bonds. The van der Waals surface area contributed by atoms with E-state index in [-0.39, 0.29) is 0 Å². The Balaban J connectivity index is 3.21. The molecule has 0 saturated carbocycles. The molecule has 72 valence electrons. The van der Waals surface area contributed by atoms with Crippen LogP contribution >= 0.6 is 0 Å². The van der Waals surface area contributed by atoms with Crippen molar-refractivity contribution < 1.29 is 4.74 Å². The van der Waals surface area contributed by atoms with E-state index < -0.39 is 0 Å². The Morgan fingerprint density at radius 3 is 2.58 bits per heavy atom. The second kappa shape index (κ2) is 8.63. The van der Waals surface area contributed by atoms with Gasteiger partial charge in [-0.3, -0.25) is 0 Å². The molecule has 0 saturated heterocycles. The zero-order valence-corrected chi connectivity index (χ0v) is 8.68. The predicted octanol–water partition coefficient (Wildman–Crippen LogP) is 3.90. The van der Waals surface area contributed by atoms with E-state index in [1.165, 1.54) is 19.3 Å². The number of hydrogen-bond donors (Lipinski definition) is 0. The van der Waals surface area contributed by atoms with Gasteiger partial charge in [-0.2, -0.15) is 0 Å². The summed E-state index contributed by atoms with van der Waals surface area (Å²) in [5, 5.41) is 0. The lowest BCUT2D eigenvalue weighted by Gasteiger charge is -2.08. The molecule has 0 fully saturated rings. The van der Waals surface area contributed by atoms with Gasteiger partial charge in [0.1, 0.15) is 0 Å². The average Bonchev–Trinajstić information content (AvgIpc) is 2.05. The number of rotatable bonds is 7. The van der Waals surface area contributed by atoms with Crippen LogP contribution in [0, 0.1) is 0 Å². The lowest BCUT2D eigenvalue weighted by Crippen LogP contribution is -2.02. The predicted molar refractivity (Wildman–Crippen MR) is 54.1 cm³/mol. The molecule has 0 aliphatic heterocycles. The minimum absolute atomic E-state index is 0.382. The van der Waals surface area contributed by atoms with Crippen molar-refractivity contribution in [2.45, 2.75) is 59.0 Å². The molecule has 0 aromatic heterocycles. The summed E-state index contributed by atoms with van der Waals surface area (Å²) < 4.78 is 5.45. The normalized spacial score (nSPS) is 13.6. The Hall–Kier alpha value is -0.460. The van der Waals surface area contributed by atoms with Crippen molar-refractivity contribution in [3.8, 4) is 0 Å². The molecule has 0 spiro atoms. The number of allylic oxidation sites excluding steroid dienone is 1. The monoisotopic (exact) mass is 170 g/mol. The van der Waals surface area contributed by atoms with Gasteiger partial charge in [0.15, 0.2) is 0 Å².